The molecule has 2 aliphatic heterocycles. The van der Waals surface area contributed by atoms with Crippen molar-refractivity contribution < 1.29 is 14.3 Å². The van der Waals surface area contributed by atoms with Gasteiger partial charge < -0.3 is 9.47 Å². The molecule has 3 aromatic rings. The van der Waals surface area contributed by atoms with Crippen LogP contribution in [0.15, 0.2) is 60.2 Å². The van der Waals surface area contributed by atoms with E-state index in [4.69, 9.17) is 21.1 Å². The van der Waals surface area contributed by atoms with Crippen molar-refractivity contribution in [3.63, 3.8) is 0 Å². The number of hydrogen-bond acceptors (Lipinski definition) is 3. The highest BCUT2D eigenvalue weighted by Crippen LogP contribution is 2.40. The van der Waals surface area contributed by atoms with Crippen LogP contribution in [-0.2, 0) is 0 Å². The number of Topliss-reactive ketones (excluding diaryl/α,β-unsaturated/α-hetero) is 1. The van der Waals surface area contributed by atoms with Crippen molar-refractivity contribution in [2.75, 3.05) is 0 Å². The standard InChI is InChI=1S/C20H11ClO3/c21-12-6-8-18-15(9-12)19(22)16-10-14-13-4-2-1-3-11(13)5-7-17(14)23-20(16)24-18/h1-10,20H. The number of hydrogen-bond donors (Lipinski definition) is 0. The molecule has 5 rings (SSSR count). The van der Waals surface area contributed by atoms with Crippen LogP contribution < -0.4 is 9.47 Å². The summed E-state index contributed by atoms with van der Waals surface area (Å²) in [6.45, 7) is 0. The smallest absolute Gasteiger partial charge is 0.271 e. The first-order valence-corrected chi connectivity index (χ1v) is 7.99. The van der Waals surface area contributed by atoms with Gasteiger partial charge in [-0.2, -0.15) is 0 Å². The summed E-state index contributed by atoms with van der Waals surface area (Å²) < 4.78 is 11.8. The van der Waals surface area contributed by atoms with E-state index in [1.165, 1.54) is 0 Å². The average Bonchev–Trinajstić information content (AvgIpc) is 2.61. The molecule has 0 saturated carbocycles. The predicted octanol–water partition coefficient (Wildman–Crippen LogP) is 4.87. The van der Waals surface area contributed by atoms with Crippen molar-refractivity contribution in [3.8, 4) is 11.5 Å². The lowest BCUT2D eigenvalue weighted by molar-refractivity contribution is 0.0262. The van der Waals surface area contributed by atoms with Gasteiger partial charge in [0.05, 0.1) is 11.1 Å². The molecule has 0 aromatic heterocycles. The third kappa shape index (κ3) is 1.88. The average molecular weight is 335 g/mol. The minimum absolute atomic E-state index is 0.109. The summed E-state index contributed by atoms with van der Waals surface area (Å²) in [4.78, 5) is 12.9. The molecule has 0 saturated heterocycles. The van der Waals surface area contributed by atoms with Gasteiger partial charge in [0, 0.05) is 10.6 Å². The molecule has 0 bridgehead atoms. The molecule has 0 amide bonds. The van der Waals surface area contributed by atoms with Crippen molar-refractivity contribution >= 4 is 34.2 Å². The van der Waals surface area contributed by atoms with E-state index in [0.717, 1.165) is 16.3 Å². The Morgan fingerprint density at radius 1 is 0.917 bits per heavy atom. The van der Waals surface area contributed by atoms with Gasteiger partial charge in [-0.05, 0) is 41.1 Å². The van der Waals surface area contributed by atoms with Crippen LogP contribution in [0, 0.1) is 0 Å². The first kappa shape index (κ1) is 13.6. The number of ketones is 1. The van der Waals surface area contributed by atoms with E-state index in [1.807, 2.05) is 42.5 Å². The molecule has 0 aliphatic carbocycles. The lowest BCUT2D eigenvalue weighted by Gasteiger charge is -2.31. The highest BCUT2D eigenvalue weighted by molar-refractivity contribution is 6.31. The first-order valence-electron chi connectivity index (χ1n) is 7.61. The molecule has 1 atom stereocenters. The van der Waals surface area contributed by atoms with Crippen LogP contribution in [0.25, 0.3) is 16.8 Å². The number of carbonyl (C=O) groups excluding carboxylic acids is 1. The number of fused-ring (bicyclic) bond motifs is 5. The van der Waals surface area contributed by atoms with E-state index in [2.05, 4.69) is 0 Å². The summed E-state index contributed by atoms with van der Waals surface area (Å²) in [5, 5.41) is 2.65. The molecule has 116 valence electrons. The molecule has 0 radical (unpaired) electrons. The number of halogens is 1. The summed E-state index contributed by atoms with van der Waals surface area (Å²) in [6.07, 6.45) is 1.15. The van der Waals surface area contributed by atoms with Crippen LogP contribution in [-0.4, -0.2) is 12.1 Å². The van der Waals surface area contributed by atoms with Gasteiger partial charge in [0.15, 0.2) is 5.78 Å². The zero-order valence-corrected chi connectivity index (χ0v) is 13.2. The highest BCUT2D eigenvalue weighted by atomic mass is 35.5. The summed E-state index contributed by atoms with van der Waals surface area (Å²) in [5.74, 6) is 1.10. The Kier molecular flexibility index (Phi) is 2.76. The largest absolute Gasteiger partial charge is 0.450 e. The lowest BCUT2D eigenvalue weighted by Crippen LogP contribution is -2.36. The second-order valence-electron chi connectivity index (χ2n) is 5.84. The molecule has 4 heteroatoms. The quantitative estimate of drug-likeness (QED) is 0.588. The van der Waals surface area contributed by atoms with Crippen molar-refractivity contribution in [2.45, 2.75) is 6.29 Å². The fourth-order valence-electron chi connectivity index (χ4n) is 3.24. The molecular formula is C20H11ClO3. The van der Waals surface area contributed by atoms with Crippen LogP contribution in [0.1, 0.15) is 15.9 Å². The molecule has 3 nitrogen and oxygen atoms in total. The second-order valence-corrected chi connectivity index (χ2v) is 6.27. The number of carbonyl (C=O) groups is 1. The van der Waals surface area contributed by atoms with Crippen molar-refractivity contribution in [3.05, 3.63) is 76.3 Å². The maximum Gasteiger partial charge on any atom is 0.271 e. The summed E-state index contributed by atoms with van der Waals surface area (Å²) in [5.41, 5.74) is 1.87. The van der Waals surface area contributed by atoms with Gasteiger partial charge in [-0.15, -0.1) is 0 Å². The van der Waals surface area contributed by atoms with Gasteiger partial charge in [-0.1, -0.05) is 41.9 Å². The van der Waals surface area contributed by atoms with Gasteiger partial charge in [-0.3, -0.25) is 4.79 Å². The van der Waals surface area contributed by atoms with Crippen LogP contribution in [0.5, 0.6) is 11.5 Å². The van der Waals surface area contributed by atoms with Crippen LogP contribution >= 0.6 is 11.6 Å². The molecule has 0 N–H and O–H groups in total. The Labute approximate surface area is 143 Å². The molecular weight excluding hydrogens is 324 g/mol. The maximum atomic E-state index is 12.9. The van der Waals surface area contributed by atoms with E-state index in [9.17, 15) is 4.79 Å². The minimum Gasteiger partial charge on any atom is -0.450 e. The van der Waals surface area contributed by atoms with Crippen LogP contribution in [0.3, 0.4) is 0 Å². The van der Waals surface area contributed by atoms with Gasteiger partial charge >= 0.3 is 0 Å². The molecule has 0 spiro atoms. The van der Waals surface area contributed by atoms with Crippen LogP contribution in [0.2, 0.25) is 5.02 Å². The van der Waals surface area contributed by atoms with E-state index >= 15 is 0 Å². The molecule has 2 heterocycles. The number of rotatable bonds is 0. The summed E-state index contributed by atoms with van der Waals surface area (Å²) in [6, 6.07) is 17.0. The van der Waals surface area contributed by atoms with Gasteiger partial charge in [0.25, 0.3) is 6.29 Å². The van der Waals surface area contributed by atoms with E-state index < -0.39 is 6.29 Å². The number of ether oxygens (including phenoxy) is 2. The Hall–Kier alpha value is -2.78. The third-order valence-electron chi connectivity index (χ3n) is 4.40. The fourth-order valence-corrected chi connectivity index (χ4v) is 3.42. The molecule has 24 heavy (non-hydrogen) atoms. The summed E-state index contributed by atoms with van der Waals surface area (Å²) >= 11 is 6.02. The third-order valence-corrected chi connectivity index (χ3v) is 4.64. The van der Waals surface area contributed by atoms with Crippen LogP contribution in [0.4, 0.5) is 0 Å². The Balaban J connectivity index is 1.73. The second kappa shape index (κ2) is 4.86. The van der Waals surface area contributed by atoms with Crippen molar-refractivity contribution in [1.82, 2.24) is 0 Å². The molecule has 1 unspecified atom stereocenters. The normalized spacial score (nSPS) is 18.0. The summed E-state index contributed by atoms with van der Waals surface area (Å²) in [7, 11) is 0. The highest BCUT2D eigenvalue weighted by Gasteiger charge is 2.36. The lowest BCUT2D eigenvalue weighted by atomic mass is 9.93. The Morgan fingerprint density at radius 2 is 1.71 bits per heavy atom. The Bertz CT molecular complexity index is 1050. The minimum atomic E-state index is -0.722. The topological polar surface area (TPSA) is 35.5 Å². The first-order chi connectivity index (χ1) is 11.7. The van der Waals surface area contributed by atoms with Gasteiger partial charge in [0.1, 0.15) is 11.5 Å². The van der Waals surface area contributed by atoms with Gasteiger partial charge in [-0.25, -0.2) is 0 Å². The van der Waals surface area contributed by atoms with Gasteiger partial charge in [0.2, 0.25) is 0 Å². The van der Waals surface area contributed by atoms with E-state index in [1.54, 1.807) is 18.2 Å². The molecule has 3 aromatic carbocycles. The van der Waals surface area contributed by atoms with E-state index in [-0.39, 0.29) is 5.78 Å². The Morgan fingerprint density at radius 3 is 2.62 bits per heavy atom. The fraction of sp³-hybridized carbons (Fsp3) is 0.0500. The predicted molar refractivity (Wildman–Crippen MR) is 92.8 cm³/mol. The monoisotopic (exact) mass is 334 g/mol. The maximum absolute atomic E-state index is 12.9. The molecule has 2 aliphatic rings. The zero-order valence-electron chi connectivity index (χ0n) is 12.5. The zero-order chi connectivity index (χ0) is 16.3. The SMILES string of the molecule is O=C1C2=Cc3c(ccc4ccccc34)OC2Oc2ccc(Cl)cc21. The van der Waals surface area contributed by atoms with Crippen molar-refractivity contribution in [2.24, 2.45) is 0 Å². The van der Waals surface area contributed by atoms with Crippen molar-refractivity contribution in [1.29, 1.82) is 0 Å². The van der Waals surface area contributed by atoms with E-state index in [0.29, 0.717) is 27.7 Å². The molecule has 0 fully saturated rings. The number of benzene rings is 3.